The van der Waals surface area contributed by atoms with E-state index in [1.165, 1.54) is 25.0 Å². The second-order valence-corrected chi connectivity index (χ2v) is 5.15. The lowest BCUT2D eigenvalue weighted by atomic mass is 9.87. The third-order valence-electron chi connectivity index (χ3n) is 3.97. The lowest BCUT2D eigenvalue weighted by Crippen LogP contribution is -2.32. The lowest BCUT2D eigenvalue weighted by molar-refractivity contribution is -0.168. The van der Waals surface area contributed by atoms with E-state index in [1.54, 1.807) is 7.05 Å². The molecule has 1 amide bonds. The minimum atomic E-state index is 0.0381. The van der Waals surface area contributed by atoms with Crippen LogP contribution in [-0.4, -0.2) is 62.9 Å². The van der Waals surface area contributed by atoms with Crippen LogP contribution < -0.4 is 0 Å². The van der Waals surface area contributed by atoms with Crippen LogP contribution in [-0.2, 0) is 14.4 Å². The van der Waals surface area contributed by atoms with Gasteiger partial charge in [0, 0.05) is 38.6 Å². The molecule has 0 radical (unpaired) electrons. The molecule has 5 nitrogen and oxygen atoms in total. The summed E-state index contributed by atoms with van der Waals surface area (Å²) >= 11 is 0. The second kappa shape index (κ2) is 5.33. The van der Waals surface area contributed by atoms with Gasteiger partial charge in [0.05, 0.1) is 13.7 Å². The summed E-state index contributed by atoms with van der Waals surface area (Å²) in [5.41, 5.74) is 0.385. The van der Waals surface area contributed by atoms with E-state index in [0.717, 1.165) is 32.8 Å². The van der Waals surface area contributed by atoms with Gasteiger partial charge in [-0.3, -0.25) is 9.63 Å². The molecule has 2 fully saturated rings. The molecule has 0 N–H and O–H groups in total. The zero-order chi connectivity index (χ0) is 12.3. The number of nitrogens with zero attached hydrogens (tertiary/aromatic N) is 2. The van der Waals surface area contributed by atoms with E-state index in [1.807, 2.05) is 0 Å². The quantitative estimate of drug-likeness (QED) is 0.674. The Labute approximate surface area is 103 Å². The molecule has 0 aromatic heterocycles. The summed E-state index contributed by atoms with van der Waals surface area (Å²) in [4.78, 5) is 18.8. The molecule has 0 saturated carbocycles. The fraction of sp³-hybridized carbons (Fsp3) is 0.917. The average Bonchev–Trinajstić information content (AvgIpc) is 2.96. The Morgan fingerprint density at radius 2 is 2.35 bits per heavy atom. The number of ether oxygens (including phenoxy) is 1. The fourth-order valence-corrected chi connectivity index (χ4v) is 2.70. The first kappa shape index (κ1) is 12.8. The van der Waals surface area contributed by atoms with Crippen molar-refractivity contribution < 1.29 is 14.4 Å². The van der Waals surface area contributed by atoms with E-state index >= 15 is 0 Å². The predicted molar refractivity (Wildman–Crippen MR) is 63.3 cm³/mol. The van der Waals surface area contributed by atoms with Crippen molar-refractivity contribution in [1.82, 2.24) is 9.96 Å². The number of likely N-dealkylation sites (tertiary alicyclic amines) is 1. The first-order chi connectivity index (χ1) is 8.15. The highest BCUT2D eigenvalue weighted by Crippen LogP contribution is 2.37. The first-order valence-electron chi connectivity index (χ1n) is 6.26. The zero-order valence-corrected chi connectivity index (χ0v) is 10.8. The van der Waals surface area contributed by atoms with Crippen LogP contribution >= 0.6 is 0 Å². The highest BCUT2D eigenvalue weighted by Gasteiger charge is 2.40. The van der Waals surface area contributed by atoms with Gasteiger partial charge in [0.1, 0.15) is 0 Å². The van der Waals surface area contributed by atoms with Crippen LogP contribution in [0.5, 0.6) is 0 Å². The number of amides is 1. The van der Waals surface area contributed by atoms with Crippen molar-refractivity contribution in [3.05, 3.63) is 0 Å². The summed E-state index contributed by atoms with van der Waals surface area (Å²) in [6, 6.07) is 0. The van der Waals surface area contributed by atoms with Gasteiger partial charge in [-0.2, -0.15) is 0 Å². The first-order valence-corrected chi connectivity index (χ1v) is 6.26. The Balaban J connectivity index is 1.73. The summed E-state index contributed by atoms with van der Waals surface area (Å²) < 4.78 is 5.49. The van der Waals surface area contributed by atoms with Gasteiger partial charge in [0.15, 0.2) is 0 Å². The van der Waals surface area contributed by atoms with E-state index in [0.29, 0.717) is 11.8 Å². The Kier molecular flexibility index (Phi) is 4.01. The number of carbonyl (C=O) groups excluding carboxylic acids is 1. The molecule has 17 heavy (non-hydrogen) atoms. The Morgan fingerprint density at radius 1 is 1.53 bits per heavy atom. The minimum absolute atomic E-state index is 0.0381. The van der Waals surface area contributed by atoms with Crippen LogP contribution in [0.15, 0.2) is 0 Å². The van der Waals surface area contributed by atoms with E-state index in [4.69, 9.17) is 9.57 Å². The van der Waals surface area contributed by atoms with Crippen LogP contribution in [0.2, 0.25) is 0 Å². The molecule has 0 unspecified atom stereocenters. The van der Waals surface area contributed by atoms with Crippen molar-refractivity contribution in [2.24, 2.45) is 5.41 Å². The maximum absolute atomic E-state index is 11.6. The number of hydrogen-bond acceptors (Lipinski definition) is 4. The Hall–Kier alpha value is -0.650. The van der Waals surface area contributed by atoms with E-state index in [2.05, 4.69) is 4.90 Å². The molecular weight excluding hydrogens is 220 g/mol. The van der Waals surface area contributed by atoms with E-state index in [-0.39, 0.29) is 5.91 Å². The van der Waals surface area contributed by atoms with Crippen molar-refractivity contribution >= 4 is 5.91 Å². The number of carbonyl (C=O) groups is 1. The topological polar surface area (TPSA) is 42.0 Å². The molecule has 0 aliphatic carbocycles. The maximum atomic E-state index is 11.6. The monoisotopic (exact) mass is 242 g/mol. The van der Waals surface area contributed by atoms with Gasteiger partial charge in [0.25, 0.3) is 0 Å². The molecule has 0 bridgehead atoms. The minimum Gasteiger partial charge on any atom is -0.381 e. The Morgan fingerprint density at radius 3 is 3.00 bits per heavy atom. The molecular formula is C12H22N2O3. The molecule has 2 heterocycles. The van der Waals surface area contributed by atoms with E-state index < -0.39 is 0 Å². The molecule has 0 aromatic rings. The third kappa shape index (κ3) is 2.97. The summed E-state index contributed by atoms with van der Waals surface area (Å²) in [7, 11) is 3.16. The molecule has 98 valence electrons. The molecule has 0 aromatic carbocycles. The maximum Gasteiger partial charge on any atom is 0.247 e. The van der Waals surface area contributed by atoms with Gasteiger partial charge >= 0.3 is 0 Å². The lowest BCUT2D eigenvalue weighted by Gasteiger charge is -2.22. The van der Waals surface area contributed by atoms with Crippen molar-refractivity contribution in [3.8, 4) is 0 Å². The highest BCUT2D eigenvalue weighted by molar-refractivity contribution is 5.74. The van der Waals surface area contributed by atoms with Gasteiger partial charge in [-0.05, 0) is 19.4 Å². The summed E-state index contributed by atoms with van der Waals surface area (Å²) in [5.74, 6) is 0.0381. The van der Waals surface area contributed by atoms with Crippen molar-refractivity contribution in [2.75, 3.05) is 47.0 Å². The van der Waals surface area contributed by atoms with Crippen LogP contribution in [0, 0.1) is 5.41 Å². The largest absolute Gasteiger partial charge is 0.381 e. The van der Waals surface area contributed by atoms with Gasteiger partial charge in [0.2, 0.25) is 5.91 Å². The summed E-state index contributed by atoms with van der Waals surface area (Å²) in [5, 5.41) is 1.30. The van der Waals surface area contributed by atoms with Crippen molar-refractivity contribution in [3.63, 3.8) is 0 Å². The van der Waals surface area contributed by atoms with Gasteiger partial charge in [-0.15, -0.1) is 0 Å². The van der Waals surface area contributed by atoms with Crippen LogP contribution in [0.4, 0.5) is 0 Å². The van der Waals surface area contributed by atoms with Crippen LogP contribution in [0.25, 0.3) is 0 Å². The van der Waals surface area contributed by atoms with Gasteiger partial charge in [-0.1, -0.05) is 0 Å². The molecule has 2 aliphatic heterocycles. The van der Waals surface area contributed by atoms with E-state index in [9.17, 15) is 4.79 Å². The SMILES string of the molecule is CON(C)C(=O)CCN1CC[C@]2(CCOC2)C1. The molecule has 2 saturated heterocycles. The molecule has 1 spiro atoms. The van der Waals surface area contributed by atoms with Gasteiger partial charge < -0.3 is 9.64 Å². The summed E-state index contributed by atoms with van der Waals surface area (Å²) in [6.07, 6.45) is 2.91. The van der Waals surface area contributed by atoms with Crippen molar-refractivity contribution in [2.45, 2.75) is 19.3 Å². The van der Waals surface area contributed by atoms with Crippen LogP contribution in [0.1, 0.15) is 19.3 Å². The smallest absolute Gasteiger partial charge is 0.247 e. The normalized spacial score (nSPS) is 29.1. The van der Waals surface area contributed by atoms with Crippen LogP contribution in [0.3, 0.4) is 0 Å². The molecule has 2 aliphatic rings. The Bertz CT molecular complexity index is 277. The highest BCUT2D eigenvalue weighted by atomic mass is 16.7. The number of hydrogen-bond donors (Lipinski definition) is 0. The number of rotatable bonds is 4. The second-order valence-electron chi connectivity index (χ2n) is 5.15. The summed E-state index contributed by atoms with van der Waals surface area (Å²) in [6.45, 7) is 4.80. The molecule has 1 atom stereocenters. The standard InChI is InChI=1S/C12H22N2O3/c1-13(16-2)11(15)3-6-14-7-4-12(9-14)5-8-17-10-12/h3-10H2,1-2H3/t12-/m0/s1. The average molecular weight is 242 g/mol. The third-order valence-corrected chi connectivity index (χ3v) is 3.97. The fourth-order valence-electron chi connectivity index (χ4n) is 2.70. The molecule has 5 heteroatoms. The van der Waals surface area contributed by atoms with Gasteiger partial charge in [-0.25, -0.2) is 5.06 Å². The predicted octanol–water partition coefficient (Wildman–Crippen LogP) is 0.509. The van der Waals surface area contributed by atoms with Crippen molar-refractivity contribution in [1.29, 1.82) is 0 Å². The number of hydroxylamine groups is 2. The molecule has 2 rings (SSSR count). The zero-order valence-electron chi connectivity index (χ0n) is 10.8.